The molecule has 1 aliphatic heterocycles. The van der Waals surface area contributed by atoms with E-state index in [1.54, 1.807) is 11.8 Å². The molecule has 4 nitrogen and oxygen atoms in total. The Morgan fingerprint density at radius 1 is 0.870 bits per heavy atom. The van der Waals surface area contributed by atoms with Crippen LogP contribution in [-0.2, 0) is 6.42 Å². The first-order valence-electron chi connectivity index (χ1n) is 7.36. The summed E-state index contributed by atoms with van der Waals surface area (Å²) in [6, 6.07) is 20.5. The largest absolute Gasteiger partial charge is 0.216 e. The quantitative estimate of drug-likeness (QED) is 0.736. The highest BCUT2D eigenvalue weighted by atomic mass is 32.2. The van der Waals surface area contributed by atoms with Gasteiger partial charge in [-0.3, -0.25) is 0 Å². The van der Waals surface area contributed by atoms with E-state index < -0.39 is 0 Å². The summed E-state index contributed by atoms with van der Waals surface area (Å²) in [4.78, 5) is 1.12. The number of hydrogen-bond donors (Lipinski definition) is 0. The van der Waals surface area contributed by atoms with Crippen molar-refractivity contribution in [3.63, 3.8) is 0 Å². The average molecular weight is 318 g/mol. The van der Waals surface area contributed by atoms with Crippen LogP contribution in [0.3, 0.4) is 0 Å². The summed E-state index contributed by atoms with van der Waals surface area (Å²) in [6.45, 7) is 0. The third-order valence-electron chi connectivity index (χ3n) is 3.55. The van der Waals surface area contributed by atoms with Crippen LogP contribution in [-0.4, -0.2) is 21.1 Å². The Hall–Kier alpha value is -2.66. The van der Waals surface area contributed by atoms with Gasteiger partial charge in [0.2, 0.25) is 5.16 Å². The van der Waals surface area contributed by atoms with Crippen LogP contribution >= 0.6 is 11.8 Å². The van der Waals surface area contributed by atoms with Gasteiger partial charge in [-0.15, -0.1) is 10.2 Å². The van der Waals surface area contributed by atoms with Gasteiger partial charge >= 0.3 is 0 Å². The topological polar surface area (TPSA) is 43.1 Å². The summed E-state index contributed by atoms with van der Waals surface area (Å²) in [6.07, 6.45) is 4.54. The van der Waals surface area contributed by atoms with Crippen LogP contribution in [0.2, 0.25) is 0 Å². The standard InChI is InChI=1S/C18H14N4S/c1-3-7-14(8-4-1)13-17-20-21-18-22(17)19-12-11-16(23-18)15-9-5-2-6-10-15/h1-12H,13H2. The summed E-state index contributed by atoms with van der Waals surface area (Å²) >= 11 is 1.59. The fourth-order valence-electron chi connectivity index (χ4n) is 2.42. The monoisotopic (exact) mass is 318 g/mol. The van der Waals surface area contributed by atoms with Gasteiger partial charge in [-0.25, -0.2) is 0 Å². The highest BCUT2D eigenvalue weighted by Crippen LogP contribution is 2.34. The molecule has 0 spiro atoms. The van der Waals surface area contributed by atoms with E-state index in [4.69, 9.17) is 0 Å². The highest BCUT2D eigenvalue weighted by molar-refractivity contribution is 8.08. The first-order valence-corrected chi connectivity index (χ1v) is 8.18. The van der Waals surface area contributed by atoms with Crippen LogP contribution in [0.15, 0.2) is 77.0 Å². The number of aromatic nitrogens is 3. The van der Waals surface area contributed by atoms with Crippen molar-refractivity contribution in [2.75, 3.05) is 0 Å². The summed E-state index contributed by atoms with van der Waals surface area (Å²) in [5.74, 6) is 0.845. The van der Waals surface area contributed by atoms with Crippen LogP contribution in [0.25, 0.3) is 4.91 Å². The zero-order valence-corrected chi connectivity index (χ0v) is 13.1. The first kappa shape index (κ1) is 14.0. The van der Waals surface area contributed by atoms with Gasteiger partial charge < -0.3 is 0 Å². The van der Waals surface area contributed by atoms with Gasteiger partial charge in [-0.2, -0.15) is 9.78 Å². The maximum absolute atomic E-state index is 4.49. The van der Waals surface area contributed by atoms with Gasteiger partial charge in [0.15, 0.2) is 5.82 Å². The van der Waals surface area contributed by atoms with Crippen LogP contribution in [0.1, 0.15) is 17.0 Å². The minimum Gasteiger partial charge on any atom is -0.191 e. The van der Waals surface area contributed by atoms with Crippen molar-refractivity contribution in [2.24, 2.45) is 5.10 Å². The SMILES string of the molecule is C1=Nn2c(Cc3ccccc3)nnc2SC(c2ccccc2)=C1. The van der Waals surface area contributed by atoms with Gasteiger partial charge in [0.25, 0.3) is 0 Å². The normalized spacial score (nSPS) is 13.3. The molecule has 0 aliphatic carbocycles. The van der Waals surface area contributed by atoms with Gasteiger partial charge in [-0.1, -0.05) is 60.7 Å². The van der Waals surface area contributed by atoms with Crippen LogP contribution in [0.4, 0.5) is 0 Å². The lowest BCUT2D eigenvalue weighted by Crippen LogP contribution is -2.00. The highest BCUT2D eigenvalue weighted by Gasteiger charge is 2.16. The molecule has 0 radical (unpaired) electrons. The second kappa shape index (κ2) is 6.22. The van der Waals surface area contributed by atoms with Gasteiger partial charge in [0.1, 0.15) is 0 Å². The molecule has 3 aromatic rings. The molecule has 0 amide bonds. The van der Waals surface area contributed by atoms with Crippen molar-refractivity contribution in [1.82, 2.24) is 14.9 Å². The minimum absolute atomic E-state index is 0.715. The Morgan fingerprint density at radius 2 is 1.61 bits per heavy atom. The molecule has 23 heavy (non-hydrogen) atoms. The van der Waals surface area contributed by atoms with E-state index in [9.17, 15) is 0 Å². The van der Waals surface area contributed by atoms with Crippen molar-refractivity contribution < 1.29 is 0 Å². The van der Waals surface area contributed by atoms with Crippen molar-refractivity contribution in [3.8, 4) is 0 Å². The molecule has 1 aliphatic rings. The van der Waals surface area contributed by atoms with E-state index >= 15 is 0 Å². The summed E-state index contributed by atoms with van der Waals surface area (Å²) in [5, 5.41) is 13.9. The molecular formula is C18H14N4S. The minimum atomic E-state index is 0.715. The summed E-state index contributed by atoms with van der Waals surface area (Å²) < 4.78 is 1.82. The van der Waals surface area contributed by atoms with Crippen molar-refractivity contribution in [1.29, 1.82) is 0 Å². The molecule has 5 heteroatoms. The van der Waals surface area contributed by atoms with Gasteiger partial charge in [0, 0.05) is 17.5 Å². The number of fused-ring (bicyclic) bond motifs is 1. The van der Waals surface area contributed by atoms with E-state index in [-0.39, 0.29) is 0 Å². The van der Waals surface area contributed by atoms with Crippen LogP contribution < -0.4 is 0 Å². The number of hydrogen-bond acceptors (Lipinski definition) is 4. The average Bonchev–Trinajstić information content (AvgIpc) is 2.85. The third-order valence-corrected chi connectivity index (χ3v) is 4.58. The Morgan fingerprint density at radius 3 is 2.39 bits per heavy atom. The van der Waals surface area contributed by atoms with E-state index in [0.717, 1.165) is 21.4 Å². The molecule has 0 N–H and O–H groups in total. The second-order valence-electron chi connectivity index (χ2n) is 5.14. The number of nitrogens with zero attached hydrogens (tertiary/aromatic N) is 4. The molecule has 2 aromatic carbocycles. The number of rotatable bonds is 3. The molecule has 4 rings (SSSR count). The molecule has 0 bridgehead atoms. The zero-order chi connectivity index (χ0) is 15.5. The van der Waals surface area contributed by atoms with Crippen molar-refractivity contribution in [2.45, 2.75) is 11.6 Å². The predicted molar refractivity (Wildman–Crippen MR) is 93.4 cm³/mol. The Balaban J connectivity index is 1.63. The fourth-order valence-corrected chi connectivity index (χ4v) is 3.32. The van der Waals surface area contributed by atoms with Gasteiger partial charge in [0.05, 0.1) is 0 Å². The lowest BCUT2D eigenvalue weighted by molar-refractivity contribution is 0.731. The second-order valence-corrected chi connectivity index (χ2v) is 6.15. The van der Waals surface area contributed by atoms with E-state index in [1.165, 1.54) is 5.56 Å². The number of thioether (sulfide) groups is 1. The van der Waals surface area contributed by atoms with Crippen LogP contribution in [0, 0.1) is 0 Å². The lowest BCUT2D eigenvalue weighted by Gasteiger charge is -2.04. The summed E-state index contributed by atoms with van der Waals surface area (Å²) in [7, 11) is 0. The van der Waals surface area contributed by atoms with Crippen LogP contribution in [0.5, 0.6) is 0 Å². The number of benzene rings is 2. The predicted octanol–water partition coefficient (Wildman–Crippen LogP) is 3.85. The smallest absolute Gasteiger partial charge is 0.191 e. The first-order chi connectivity index (χ1) is 11.4. The number of allylic oxidation sites excluding steroid dienone is 1. The van der Waals surface area contributed by atoms with E-state index in [1.807, 2.05) is 53.4 Å². The lowest BCUT2D eigenvalue weighted by atomic mass is 10.1. The Kier molecular flexibility index (Phi) is 3.78. The van der Waals surface area contributed by atoms with E-state index in [2.05, 4.69) is 39.6 Å². The molecule has 2 heterocycles. The van der Waals surface area contributed by atoms with Crippen molar-refractivity contribution >= 4 is 22.9 Å². The molecule has 0 saturated carbocycles. The molecule has 0 fully saturated rings. The molecule has 0 saturated heterocycles. The molecular weight excluding hydrogens is 304 g/mol. The molecule has 1 aromatic heterocycles. The van der Waals surface area contributed by atoms with Gasteiger partial charge in [-0.05, 0) is 29.0 Å². The molecule has 0 unspecified atom stereocenters. The van der Waals surface area contributed by atoms with E-state index in [0.29, 0.717) is 6.42 Å². The van der Waals surface area contributed by atoms with Crippen molar-refractivity contribution in [3.05, 3.63) is 83.7 Å². The zero-order valence-electron chi connectivity index (χ0n) is 12.3. The molecule has 112 valence electrons. The fraction of sp³-hybridized carbons (Fsp3) is 0.0556. The maximum Gasteiger partial charge on any atom is 0.216 e. The Bertz CT molecular complexity index is 867. The third kappa shape index (κ3) is 2.96. The molecule has 0 atom stereocenters. The maximum atomic E-state index is 4.49. The summed E-state index contributed by atoms with van der Waals surface area (Å²) in [5.41, 5.74) is 2.35. The Labute approximate surface area is 138 Å².